The van der Waals surface area contributed by atoms with Gasteiger partial charge in [-0.2, -0.15) is 0 Å². The largest absolute Gasteiger partial charge is 0.744 e. The molecule has 0 radical (unpaired) electrons. The van der Waals surface area contributed by atoms with Gasteiger partial charge in [0.15, 0.2) is 21.4 Å². The fraction of sp³-hybridized carbons (Fsp3) is 0.0857. The van der Waals surface area contributed by atoms with E-state index in [-0.39, 0.29) is 35.4 Å². The Hall–Kier alpha value is -5.10. The number of hydrogen-bond donors (Lipinski definition) is 0. The van der Waals surface area contributed by atoms with Crippen LogP contribution in [0.4, 0.5) is 0 Å². The van der Waals surface area contributed by atoms with Crippen molar-refractivity contribution in [2.75, 3.05) is 6.26 Å². The standard InChI is InChI=1S/C35H28O9S2/c1-45(38,39)32-20-31(44-23-25-14-18-29(19-15-25)35(37)27-10-6-3-7-11-27)33(46(40,41)42)21-30(32)43-22-24-12-16-28(17-13-24)34(36)26-8-4-2-5-9-26/h2-21H,22-23H2,1H3,(H,40,41,42)/p-1. The van der Waals surface area contributed by atoms with Crippen molar-refractivity contribution in [3.05, 3.63) is 155 Å². The summed E-state index contributed by atoms with van der Waals surface area (Å²) in [4.78, 5) is 24.2. The Morgan fingerprint density at radius 2 is 0.891 bits per heavy atom. The van der Waals surface area contributed by atoms with E-state index in [0.717, 1.165) is 18.4 Å². The van der Waals surface area contributed by atoms with Crippen LogP contribution in [0, 0.1) is 0 Å². The Morgan fingerprint density at radius 1 is 0.543 bits per heavy atom. The van der Waals surface area contributed by atoms with Crippen LogP contribution in [-0.2, 0) is 33.2 Å². The molecule has 5 rings (SSSR count). The van der Waals surface area contributed by atoms with Gasteiger partial charge in [-0.05, 0) is 11.1 Å². The van der Waals surface area contributed by atoms with Crippen molar-refractivity contribution in [2.24, 2.45) is 0 Å². The SMILES string of the molecule is CS(=O)(=O)c1cc(OCc2ccc(C(=O)c3ccccc3)cc2)c(S(=O)(=O)[O-])cc1OCc1ccc(C(=O)c2ccccc2)cc1. The molecule has 0 amide bonds. The average molecular weight is 656 g/mol. The zero-order chi connectivity index (χ0) is 32.9. The third kappa shape index (κ3) is 7.75. The third-order valence-corrected chi connectivity index (χ3v) is 8.95. The molecule has 0 saturated heterocycles. The van der Waals surface area contributed by atoms with Gasteiger partial charge in [0.25, 0.3) is 0 Å². The van der Waals surface area contributed by atoms with Crippen LogP contribution >= 0.6 is 0 Å². The lowest BCUT2D eigenvalue weighted by Gasteiger charge is -2.19. The molecule has 0 atom stereocenters. The molecule has 0 aliphatic rings. The van der Waals surface area contributed by atoms with E-state index in [1.54, 1.807) is 109 Å². The summed E-state index contributed by atoms with van der Waals surface area (Å²) in [7, 11) is -9.11. The molecular formula is C35H27O9S2-. The Balaban J connectivity index is 1.35. The predicted octanol–water partition coefficient (Wildman–Crippen LogP) is 5.61. The fourth-order valence-corrected chi connectivity index (χ4v) is 5.99. The third-order valence-electron chi connectivity index (χ3n) is 6.97. The molecule has 9 nitrogen and oxygen atoms in total. The van der Waals surface area contributed by atoms with Gasteiger partial charge in [-0.3, -0.25) is 9.59 Å². The summed E-state index contributed by atoms with van der Waals surface area (Å²) in [6.07, 6.45) is 0.913. The average Bonchev–Trinajstić information content (AvgIpc) is 3.06. The second-order valence-electron chi connectivity index (χ2n) is 10.3. The van der Waals surface area contributed by atoms with Crippen LogP contribution in [0.25, 0.3) is 0 Å². The fourth-order valence-electron chi connectivity index (χ4n) is 4.57. The van der Waals surface area contributed by atoms with E-state index in [2.05, 4.69) is 0 Å². The lowest BCUT2D eigenvalue weighted by Crippen LogP contribution is -2.10. The maximum Gasteiger partial charge on any atom is 0.193 e. The monoisotopic (exact) mass is 655 g/mol. The zero-order valence-electron chi connectivity index (χ0n) is 24.5. The molecule has 0 aliphatic carbocycles. The van der Waals surface area contributed by atoms with E-state index in [1.165, 1.54) is 0 Å². The molecule has 0 unspecified atom stereocenters. The molecule has 0 spiro atoms. The van der Waals surface area contributed by atoms with Crippen LogP contribution in [0.2, 0.25) is 0 Å². The van der Waals surface area contributed by atoms with Gasteiger partial charge in [0, 0.05) is 40.6 Å². The van der Waals surface area contributed by atoms with E-state index in [9.17, 15) is 31.0 Å². The zero-order valence-corrected chi connectivity index (χ0v) is 26.1. The second-order valence-corrected chi connectivity index (χ2v) is 13.7. The van der Waals surface area contributed by atoms with Gasteiger partial charge in [0.05, 0.1) is 0 Å². The first-order valence-corrected chi connectivity index (χ1v) is 17.2. The van der Waals surface area contributed by atoms with Gasteiger partial charge < -0.3 is 14.0 Å². The molecule has 0 heterocycles. The molecule has 0 aromatic heterocycles. The van der Waals surface area contributed by atoms with E-state index < -0.39 is 30.6 Å². The molecule has 0 saturated carbocycles. The molecule has 0 fully saturated rings. The van der Waals surface area contributed by atoms with Gasteiger partial charge in [0.2, 0.25) is 0 Å². The summed E-state index contributed by atoms with van der Waals surface area (Å²) in [5.74, 6) is -1.17. The van der Waals surface area contributed by atoms with Gasteiger partial charge >= 0.3 is 0 Å². The quantitative estimate of drug-likeness (QED) is 0.124. The Kier molecular flexibility index (Phi) is 9.47. The molecule has 234 valence electrons. The van der Waals surface area contributed by atoms with Crippen LogP contribution < -0.4 is 9.47 Å². The lowest BCUT2D eigenvalue weighted by atomic mass is 10.0. The maximum absolute atomic E-state index is 12.7. The first kappa shape index (κ1) is 32.3. The maximum atomic E-state index is 12.7. The van der Waals surface area contributed by atoms with Crippen LogP contribution in [-0.4, -0.2) is 39.2 Å². The summed E-state index contributed by atoms with van der Waals surface area (Å²) in [5, 5.41) is 0. The Bertz CT molecular complexity index is 1940. The smallest absolute Gasteiger partial charge is 0.193 e. The van der Waals surface area contributed by atoms with E-state index in [0.29, 0.717) is 33.4 Å². The summed E-state index contributed by atoms with van der Waals surface area (Å²) in [5.41, 5.74) is 3.00. The lowest BCUT2D eigenvalue weighted by molar-refractivity contribution is 0.103. The van der Waals surface area contributed by atoms with Crippen molar-refractivity contribution in [3.8, 4) is 11.5 Å². The van der Waals surface area contributed by atoms with Crippen molar-refractivity contribution in [1.82, 2.24) is 0 Å². The number of benzene rings is 5. The minimum atomic E-state index is -5.13. The van der Waals surface area contributed by atoms with E-state index in [1.807, 2.05) is 0 Å². The van der Waals surface area contributed by atoms with E-state index in [4.69, 9.17) is 9.47 Å². The number of hydrogen-bond acceptors (Lipinski definition) is 9. The second kappa shape index (κ2) is 13.5. The minimum Gasteiger partial charge on any atom is -0.744 e. The molecule has 11 heteroatoms. The van der Waals surface area contributed by atoms with Gasteiger partial charge in [-0.15, -0.1) is 0 Å². The van der Waals surface area contributed by atoms with Crippen molar-refractivity contribution in [2.45, 2.75) is 23.0 Å². The highest BCUT2D eigenvalue weighted by atomic mass is 32.2. The summed E-state index contributed by atoms with van der Waals surface area (Å²) < 4.78 is 73.4. The molecule has 5 aromatic carbocycles. The van der Waals surface area contributed by atoms with Crippen LogP contribution in [0.5, 0.6) is 11.5 Å². The van der Waals surface area contributed by atoms with Gasteiger partial charge in [-0.1, -0.05) is 109 Å². The Morgan fingerprint density at radius 3 is 1.26 bits per heavy atom. The van der Waals surface area contributed by atoms with E-state index >= 15 is 0 Å². The molecule has 5 aromatic rings. The number of ether oxygens (including phenoxy) is 2. The first-order valence-electron chi connectivity index (χ1n) is 13.9. The summed E-state index contributed by atoms with van der Waals surface area (Å²) >= 11 is 0. The predicted molar refractivity (Wildman–Crippen MR) is 169 cm³/mol. The highest BCUT2D eigenvalue weighted by Gasteiger charge is 2.23. The number of ketones is 2. The van der Waals surface area contributed by atoms with Crippen molar-refractivity contribution in [1.29, 1.82) is 0 Å². The molecule has 0 bridgehead atoms. The number of rotatable bonds is 12. The van der Waals surface area contributed by atoms with Crippen molar-refractivity contribution >= 4 is 31.5 Å². The Labute approximate surface area is 266 Å². The molecular weight excluding hydrogens is 629 g/mol. The topological polar surface area (TPSA) is 144 Å². The van der Waals surface area contributed by atoms with Gasteiger partial charge in [0.1, 0.15) is 44.6 Å². The van der Waals surface area contributed by atoms with Crippen LogP contribution in [0.3, 0.4) is 0 Å². The number of sulfone groups is 1. The van der Waals surface area contributed by atoms with Crippen LogP contribution in [0.1, 0.15) is 43.0 Å². The summed E-state index contributed by atoms with van der Waals surface area (Å²) in [6.45, 7) is -0.408. The molecule has 0 aliphatic heterocycles. The van der Waals surface area contributed by atoms with Crippen molar-refractivity contribution in [3.63, 3.8) is 0 Å². The molecule has 46 heavy (non-hydrogen) atoms. The highest BCUT2D eigenvalue weighted by molar-refractivity contribution is 7.90. The van der Waals surface area contributed by atoms with Crippen molar-refractivity contribution < 1.29 is 40.5 Å². The number of carbonyl (C=O) groups is 2. The highest BCUT2D eigenvalue weighted by Crippen LogP contribution is 2.36. The summed E-state index contributed by atoms with van der Waals surface area (Å²) in [6, 6.07) is 32.0. The molecule has 0 N–H and O–H groups in total. The normalized spacial score (nSPS) is 11.5. The van der Waals surface area contributed by atoms with Crippen LogP contribution in [0.15, 0.2) is 131 Å². The van der Waals surface area contributed by atoms with Gasteiger partial charge in [-0.25, -0.2) is 16.8 Å². The minimum absolute atomic E-state index is 0.176. The first-order chi connectivity index (χ1) is 21.9. The number of carbonyl (C=O) groups excluding carboxylic acids is 2.